The van der Waals surface area contributed by atoms with E-state index in [0.29, 0.717) is 12.1 Å². The van der Waals surface area contributed by atoms with Crippen molar-refractivity contribution in [1.82, 2.24) is 4.90 Å². The second kappa shape index (κ2) is 8.64. The van der Waals surface area contributed by atoms with Crippen molar-refractivity contribution in [2.45, 2.75) is 33.4 Å². The van der Waals surface area contributed by atoms with E-state index in [0.717, 1.165) is 34.5 Å². The third-order valence-corrected chi connectivity index (χ3v) is 5.72. The third kappa shape index (κ3) is 4.17. The topological polar surface area (TPSA) is 61.4 Å². The number of nitrogens with zero attached hydrogens (tertiary/aromatic N) is 1. The van der Waals surface area contributed by atoms with Gasteiger partial charge in [-0.25, -0.2) is 0 Å². The van der Waals surface area contributed by atoms with Crippen molar-refractivity contribution in [3.05, 3.63) is 94.5 Å². The Balaban J connectivity index is 1.56. The Morgan fingerprint density at radius 3 is 2.52 bits per heavy atom. The summed E-state index contributed by atoms with van der Waals surface area (Å²) < 4.78 is 0. The zero-order valence-electron chi connectivity index (χ0n) is 18.1. The Morgan fingerprint density at radius 1 is 0.935 bits per heavy atom. The van der Waals surface area contributed by atoms with Crippen LogP contribution in [-0.4, -0.2) is 23.3 Å². The first-order chi connectivity index (χ1) is 15.0. The Bertz CT molecular complexity index is 1140. The van der Waals surface area contributed by atoms with Gasteiger partial charge in [-0.05, 0) is 67.8 Å². The summed E-state index contributed by atoms with van der Waals surface area (Å²) in [6, 6.07) is 21.0. The van der Waals surface area contributed by atoms with Crippen LogP contribution in [0.4, 0.5) is 11.4 Å². The fourth-order valence-corrected chi connectivity index (χ4v) is 3.93. The number of rotatable bonds is 6. The van der Waals surface area contributed by atoms with E-state index in [-0.39, 0.29) is 18.0 Å². The molecule has 0 bridgehead atoms. The van der Waals surface area contributed by atoms with Crippen molar-refractivity contribution >= 4 is 23.2 Å². The van der Waals surface area contributed by atoms with Gasteiger partial charge in [0.05, 0.1) is 0 Å². The molecule has 5 nitrogen and oxygen atoms in total. The third-order valence-electron chi connectivity index (χ3n) is 5.72. The van der Waals surface area contributed by atoms with Gasteiger partial charge in [-0.1, -0.05) is 37.3 Å². The van der Waals surface area contributed by atoms with Crippen LogP contribution in [0.1, 0.15) is 56.9 Å². The van der Waals surface area contributed by atoms with E-state index in [1.165, 1.54) is 5.56 Å². The van der Waals surface area contributed by atoms with E-state index in [4.69, 9.17) is 0 Å². The number of carbonyl (C=O) groups excluding carboxylic acids is 2. The lowest BCUT2D eigenvalue weighted by Gasteiger charge is -2.27. The summed E-state index contributed by atoms with van der Waals surface area (Å²) in [6.45, 7) is 6.80. The van der Waals surface area contributed by atoms with E-state index >= 15 is 0 Å². The fraction of sp³-hybridized carbons (Fsp3) is 0.231. The number of hydrogen-bond acceptors (Lipinski definition) is 3. The van der Waals surface area contributed by atoms with Crippen molar-refractivity contribution in [3.63, 3.8) is 0 Å². The van der Waals surface area contributed by atoms with E-state index in [1.807, 2.05) is 79.4 Å². The van der Waals surface area contributed by atoms with Crippen molar-refractivity contribution in [1.29, 1.82) is 0 Å². The molecule has 2 N–H and O–H groups in total. The molecule has 0 aliphatic carbocycles. The van der Waals surface area contributed by atoms with E-state index in [9.17, 15) is 9.59 Å². The molecule has 31 heavy (non-hydrogen) atoms. The summed E-state index contributed by atoms with van der Waals surface area (Å²) in [5, 5.41) is 6.43. The van der Waals surface area contributed by atoms with E-state index in [2.05, 4.69) is 17.6 Å². The highest BCUT2D eigenvalue weighted by Crippen LogP contribution is 2.34. The summed E-state index contributed by atoms with van der Waals surface area (Å²) in [6.07, 6.45) is 0.623. The van der Waals surface area contributed by atoms with Crippen molar-refractivity contribution in [2.75, 3.05) is 17.2 Å². The molecule has 0 fully saturated rings. The van der Waals surface area contributed by atoms with Crippen molar-refractivity contribution in [3.8, 4) is 0 Å². The summed E-state index contributed by atoms with van der Waals surface area (Å²) in [4.78, 5) is 27.5. The molecule has 0 aromatic heterocycles. The Labute approximate surface area is 183 Å². The van der Waals surface area contributed by atoms with Gasteiger partial charge in [0.25, 0.3) is 11.8 Å². The minimum atomic E-state index is -0.248. The van der Waals surface area contributed by atoms with Gasteiger partial charge in [0, 0.05) is 34.6 Å². The second-order valence-electron chi connectivity index (χ2n) is 7.97. The van der Waals surface area contributed by atoms with Gasteiger partial charge >= 0.3 is 0 Å². The standard InChI is InChI=1S/C26H27N3O2/c1-4-14-29-24(22-10-5-6-11-23(22)26(29)31)27-20-9-7-8-19(16-20)25(30)28-21-13-12-17(2)18(3)15-21/h5-13,15-16,24,27H,4,14H2,1-3H3,(H,28,30)/t24-/m1/s1. The van der Waals surface area contributed by atoms with Gasteiger partial charge in [0.15, 0.2) is 0 Å². The van der Waals surface area contributed by atoms with Gasteiger partial charge in [0.1, 0.15) is 6.17 Å². The van der Waals surface area contributed by atoms with Crippen LogP contribution < -0.4 is 10.6 Å². The highest BCUT2D eigenvalue weighted by Gasteiger charge is 2.35. The molecule has 0 radical (unpaired) electrons. The smallest absolute Gasteiger partial charge is 0.256 e. The number of aryl methyl sites for hydroxylation is 2. The number of fused-ring (bicyclic) bond motifs is 1. The molecule has 1 atom stereocenters. The predicted molar refractivity (Wildman–Crippen MR) is 124 cm³/mol. The maximum Gasteiger partial charge on any atom is 0.256 e. The first-order valence-corrected chi connectivity index (χ1v) is 10.6. The minimum absolute atomic E-state index is 0.0404. The molecule has 2 amide bonds. The average molecular weight is 414 g/mol. The molecule has 0 unspecified atom stereocenters. The van der Waals surface area contributed by atoms with Crippen LogP contribution in [0.15, 0.2) is 66.7 Å². The zero-order valence-corrected chi connectivity index (χ0v) is 18.1. The van der Waals surface area contributed by atoms with Crippen LogP contribution >= 0.6 is 0 Å². The van der Waals surface area contributed by atoms with Crippen LogP contribution in [-0.2, 0) is 0 Å². The minimum Gasteiger partial charge on any atom is -0.361 e. The molecule has 1 aliphatic heterocycles. The summed E-state index contributed by atoms with van der Waals surface area (Å²) in [7, 11) is 0. The van der Waals surface area contributed by atoms with Gasteiger partial charge in [-0.3, -0.25) is 9.59 Å². The maximum atomic E-state index is 12.8. The van der Waals surface area contributed by atoms with E-state index < -0.39 is 0 Å². The first-order valence-electron chi connectivity index (χ1n) is 10.6. The first kappa shape index (κ1) is 20.7. The molecule has 4 rings (SSSR count). The Kier molecular flexibility index (Phi) is 5.76. The molecule has 3 aromatic rings. The molecule has 0 spiro atoms. The number of hydrogen-bond donors (Lipinski definition) is 2. The Hall–Kier alpha value is -3.60. The van der Waals surface area contributed by atoms with Crippen molar-refractivity contribution < 1.29 is 9.59 Å². The molecule has 1 aliphatic rings. The van der Waals surface area contributed by atoms with Crippen molar-refractivity contribution in [2.24, 2.45) is 0 Å². The number of benzene rings is 3. The van der Waals surface area contributed by atoms with Crippen LogP contribution in [0.25, 0.3) is 0 Å². The number of carbonyl (C=O) groups is 2. The summed E-state index contributed by atoms with van der Waals surface area (Å²) >= 11 is 0. The molecule has 0 saturated carbocycles. The van der Waals surface area contributed by atoms with Gasteiger partial charge < -0.3 is 15.5 Å². The molecule has 0 saturated heterocycles. The lowest BCUT2D eigenvalue weighted by Crippen LogP contribution is -2.33. The summed E-state index contributed by atoms with van der Waals surface area (Å²) in [5.41, 5.74) is 6.14. The van der Waals surface area contributed by atoms with Gasteiger partial charge in [-0.15, -0.1) is 0 Å². The number of anilines is 2. The quantitative estimate of drug-likeness (QED) is 0.558. The van der Waals surface area contributed by atoms with Crippen LogP contribution in [0.5, 0.6) is 0 Å². The number of amides is 2. The van der Waals surface area contributed by atoms with Crippen LogP contribution in [0.3, 0.4) is 0 Å². The summed E-state index contributed by atoms with van der Waals surface area (Å²) in [5.74, 6) is -0.126. The highest BCUT2D eigenvalue weighted by molar-refractivity contribution is 6.05. The average Bonchev–Trinajstić information content (AvgIpc) is 3.03. The molecule has 3 aromatic carbocycles. The lowest BCUT2D eigenvalue weighted by atomic mass is 10.1. The molecule has 5 heteroatoms. The van der Waals surface area contributed by atoms with Crippen LogP contribution in [0, 0.1) is 13.8 Å². The SMILES string of the molecule is CCCN1C(=O)c2ccccc2[C@@H]1Nc1cccc(C(=O)Nc2ccc(C)c(C)c2)c1. The molecule has 1 heterocycles. The molecule has 158 valence electrons. The Morgan fingerprint density at radius 2 is 1.74 bits per heavy atom. The lowest BCUT2D eigenvalue weighted by molar-refractivity contribution is 0.0743. The highest BCUT2D eigenvalue weighted by atomic mass is 16.2. The van der Waals surface area contributed by atoms with E-state index in [1.54, 1.807) is 6.07 Å². The van der Waals surface area contributed by atoms with Crippen LogP contribution in [0.2, 0.25) is 0 Å². The second-order valence-corrected chi connectivity index (χ2v) is 7.97. The fourth-order valence-electron chi connectivity index (χ4n) is 3.93. The van der Waals surface area contributed by atoms with Gasteiger partial charge in [-0.2, -0.15) is 0 Å². The largest absolute Gasteiger partial charge is 0.361 e. The molecular formula is C26H27N3O2. The molecular weight excluding hydrogens is 386 g/mol. The monoisotopic (exact) mass is 413 g/mol. The zero-order chi connectivity index (χ0) is 22.0. The maximum absolute atomic E-state index is 12.8. The predicted octanol–water partition coefficient (Wildman–Crippen LogP) is 5.53. The normalized spacial score (nSPS) is 15.0. The van der Waals surface area contributed by atoms with Gasteiger partial charge in [0.2, 0.25) is 0 Å². The number of nitrogens with one attached hydrogen (secondary N) is 2.